The Bertz CT molecular complexity index is 1140. The van der Waals surface area contributed by atoms with E-state index in [-0.39, 0.29) is 45.3 Å². The van der Waals surface area contributed by atoms with Crippen LogP contribution in [0.4, 0.5) is 8.78 Å². The summed E-state index contributed by atoms with van der Waals surface area (Å²) in [5.74, 6) is 0.333. The molecule has 0 fully saturated rings. The zero-order chi connectivity index (χ0) is 22.2. The van der Waals surface area contributed by atoms with Gasteiger partial charge in [0.2, 0.25) is 11.8 Å². The molecule has 2 aromatic carbocycles. The number of hydrogen-bond donors (Lipinski definition) is 0. The molecular formula is C25H27F2LiN4O2. The summed E-state index contributed by atoms with van der Waals surface area (Å²) >= 11 is 0. The third-order valence-corrected chi connectivity index (χ3v) is 4.15. The van der Waals surface area contributed by atoms with Crippen LogP contribution < -0.4 is 28.3 Å². The number of methoxy groups -OCH3 is 2. The van der Waals surface area contributed by atoms with Crippen molar-refractivity contribution in [3.05, 3.63) is 91.9 Å². The minimum absolute atomic E-state index is 0. The van der Waals surface area contributed by atoms with E-state index in [0.717, 1.165) is 16.8 Å². The number of rotatable bonds is 4. The topological polar surface area (TPSA) is 70.0 Å². The summed E-state index contributed by atoms with van der Waals surface area (Å²) in [6.07, 6.45) is 4.77. The molecular weight excluding hydrogens is 433 g/mol. The summed E-state index contributed by atoms with van der Waals surface area (Å²) in [7, 11) is 3.06. The average molecular weight is 460 g/mol. The SMILES string of the molecule is C.COc1nc(C)cnc1-c1ccc(F)cc1.COc1nccnc1-c1ccc(F)cc1.[CH3-].[Li+]. The zero-order valence-electron chi connectivity index (χ0n) is 19.2. The van der Waals surface area contributed by atoms with Gasteiger partial charge in [-0.05, 0) is 55.5 Å². The molecule has 0 radical (unpaired) electrons. The second-order valence-electron chi connectivity index (χ2n) is 6.30. The van der Waals surface area contributed by atoms with Crippen LogP contribution in [-0.2, 0) is 0 Å². The van der Waals surface area contributed by atoms with Crippen molar-refractivity contribution in [2.45, 2.75) is 14.4 Å². The third kappa shape index (κ3) is 7.91. The Morgan fingerprint density at radius 3 is 1.59 bits per heavy atom. The van der Waals surface area contributed by atoms with Crippen LogP contribution >= 0.6 is 0 Å². The van der Waals surface area contributed by atoms with E-state index in [9.17, 15) is 8.78 Å². The monoisotopic (exact) mass is 460 g/mol. The molecule has 9 heteroatoms. The van der Waals surface area contributed by atoms with Gasteiger partial charge in [0.15, 0.2) is 0 Å². The number of ether oxygens (including phenoxy) is 2. The first-order valence-electron chi connectivity index (χ1n) is 9.26. The van der Waals surface area contributed by atoms with Gasteiger partial charge in [-0.25, -0.2) is 28.7 Å². The number of hydrogen-bond acceptors (Lipinski definition) is 6. The summed E-state index contributed by atoms with van der Waals surface area (Å²) in [5.41, 5.74) is 3.57. The molecule has 4 aromatic rings. The van der Waals surface area contributed by atoms with Crippen LogP contribution in [0.25, 0.3) is 22.5 Å². The van der Waals surface area contributed by atoms with Crippen molar-refractivity contribution in [2.75, 3.05) is 14.2 Å². The summed E-state index contributed by atoms with van der Waals surface area (Å²) in [6.45, 7) is 1.84. The first-order valence-corrected chi connectivity index (χ1v) is 9.26. The quantitative estimate of drug-likeness (QED) is 0.345. The van der Waals surface area contributed by atoms with Crippen molar-refractivity contribution >= 4 is 0 Å². The van der Waals surface area contributed by atoms with Crippen LogP contribution in [0.1, 0.15) is 13.1 Å². The Labute approximate surface area is 211 Å². The van der Waals surface area contributed by atoms with Crippen LogP contribution in [0.3, 0.4) is 0 Å². The molecule has 0 saturated heterocycles. The average Bonchev–Trinajstić information content (AvgIpc) is 2.80. The maximum absolute atomic E-state index is 12.8. The fraction of sp³-hybridized carbons (Fsp3) is 0.160. The molecule has 0 spiro atoms. The Hall–Kier alpha value is -3.34. The van der Waals surface area contributed by atoms with E-state index in [1.165, 1.54) is 38.5 Å². The first-order chi connectivity index (χ1) is 15.0. The molecule has 0 aliphatic rings. The molecule has 0 N–H and O–H groups in total. The molecule has 34 heavy (non-hydrogen) atoms. The largest absolute Gasteiger partial charge is 1.00 e. The van der Waals surface area contributed by atoms with Crippen LogP contribution in [0, 0.1) is 26.0 Å². The van der Waals surface area contributed by atoms with Gasteiger partial charge >= 0.3 is 18.9 Å². The van der Waals surface area contributed by atoms with E-state index in [0.29, 0.717) is 23.1 Å². The van der Waals surface area contributed by atoms with E-state index in [1.54, 1.807) is 42.9 Å². The van der Waals surface area contributed by atoms with Crippen LogP contribution in [0.5, 0.6) is 11.8 Å². The van der Waals surface area contributed by atoms with Crippen LogP contribution in [0.2, 0.25) is 0 Å². The first kappa shape index (κ1) is 30.7. The predicted octanol–water partition coefficient (Wildman–Crippen LogP) is 2.98. The van der Waals surface area contributed by atoms with Gasteiger partial charge in [0.25, 0.3) is 0 Å². The molecule has 2 heterocycles. The van der Waals surface area contributed by atoms with Gasteiger partial charge in [0, 0.05) is 29.7 Å². The Morgan fingerprint density at radius 1 is 0.676 bits per heavy atom. The van der Waals surface area contributed by atoms with E-state index in [1.807, 2.05) is 6.92 Å². The number of aromatic nitrogens is 4. The minimum atomic E-state index is -0.276. The summed E-state index contributed by atoms with van der Waals surface area (Å²) in [5, 5.41) is 0. The van der Waals surface area contributed by atoms with Gasteiger partial charge in [-0.15, -0.1) is 0 Å². The normalized spacial score (nSPS) is 9.21. The molecule has 0 unspecified atom stereocenters. The van der Waals surface area contributed by atoms with E-state index in [4.69, 9.17) is 9.47 Å². The number of benzene rings is 2. The number of aryl methyl sites for hydroxylation is 1. The Kier molecular flexibility index (Phi) is 13.3. The van der Waals surface area contributed by atoms with Gasteiger partial charge in [-0.1, -0.05) is 7.43 Å². The maximum Gasteiger partial charge on any atom is 1.00 e. The molecule has 4 rings (SSSR count). The van der Waals surface area contributed by atoms with Gasteiger partial charge in [-0.3, -0.25) is 0 Å². The fourth-order valence-corrected chi connectivity index (χ4v) is 2.68. The Balaban J connectivity index is 0.000000590. The van der Waals surface area contributed by atoms with E-state index >= 15 is 0 Å². The standard InChI is InChI=1S/C12H11FN2O.C11H9FN2O.CH4.CH3.Li/c1-8-7-14-11(12(15-8)16-2)9-3-5-10(13)6-4-9;1-15-11-10(13-6-7-14-11)8-2-4-9(12)5-3-8;;;/h3-7H,1-2H3;2-7H,1H3;1H4;1H3;/q;;;-1;+1. The third-order valence-electron chi connectivity index (χ3n) is 4.15. The maximum atomic E-state index is 12.8. The molecule has 0 amide bonds. The second kappa shape index (κ2) is 14.7. The molecule has 2 aromatic heterocycles. The molecule has 0 bridgehead atoms. The van der Waals surface area contributed by atoms with Gasteiger partial charge in [0.05, 0.1) is 19.9 Å². The molecule has 174 valence electrons. The second-order valence-corrected chi connectivity index (χ2v) is 6.30. The molecule has 0 saturated carbocycles. The van der Waals surface area contributed by atoms with Crippen LogP contribution in [0.15, 0.2) is 67.1 Å². The molecule has 0 aliphatic carbocycles. The van der Waals surface area contributed by atoms with Crippen molar-refractivity contribution < 1.29 is 37.1 Å². The summed E-state index contributed by atoms with van der Waals surface area (Å²) < 4.78 is 35.7. The smallest absolute Gasteiger partial charge is 0.479 e. The van der Waals surface area contributed by atoms with Crippen LogP contribution in [-0.4, -0.2) is 34.2 Å². The fourth-order valence-electron chi connectivity index (χ4n) is 2.68. The molecule has 0 aliphatic heterocycles. The predicted molar refractivity (Wildman–Crippen MR) is 126 cm³/mol. The number of halogens is 2. The van der Waals surface area contributed by atoms with E-state index in [2.05, 4.69) is 19.9 Å². The Morgan fingerprint density at radius 2 is 1.12 bits per heavy atom. The summed E-state index contributed by atoms with van der Waals surface area (Å²) in [6, 6.07) is 12.1. The van der Waals surface area contributed by atoms with Gasteiger partial charge in [0.1, 0.15) is 23.0 Å². The zero-order valence-corrected chi connectivity index (χ0v) is 19.2. The van der Waals surface area contributed by atoms with Gasteiger partial charge < -0.3 is 16.9 Å². The minimum Gasteiger partial charge on any atom is -0.479 e. The number of nitrogens with zero attached hydrogens (tertiary/aromatic N) is 4. The summed E-state index contributed by atoms with van der Waals surface area (Å²) in [4.78, 5) is 16.6. The van der Waals surface area contributed by atoms with Crippen molar-refractivity contribution in [2.24, 2.45) is 0 Å². The van der Waals surface area contributed by atoms with E-state index < -0.39 is 0 Å². The molecule has 6 nitrogen and oxygen atoms in total. The van der Waals surface area contributed by atoms with Crippen molar-refractivity contribution in [1.29, 1.82) is 0 Å². The van der Waals surface area contributed by atoms with Crippen molar-refractivity contribution in [3.63, 3.8) is 0 Å². The van der Waals surface area contributed by atoms with Gasteiger partial charge in [-0.2, -0.15) is 0 Å². The van der Waals surface area contributed by atoms with Crippen molar-refractivity contribution in [1.82, 2.24) is 19.9 Å². The molecule has 0 atom stereocenters. The van der Waals surface area contributed by atoms with Crippen molar-refractivity contribution in [3.8, 4) is 34.3 Å².